The van der Waals surface area contributed by atoms with Gasteiger partial charge in [-0.2, -0.15) is 0 Å². The monoisotopic (exact) mass is 698 g/mol. The topological polar surface area (TPSA) is 0 Å². The van der Waals surface area contributed by atoms with Gasteiger partial charge in [-0.3, -0.25) is 0 Å². The Kier molecular flexibility index (Phi) is 4.25. The third-order valence-corrected chi connectivity index (χ3v) is 10.3. The first-order valence-electron chi connectivity index (χ1n) is 25.5. The lowest BCUT2D eigenvalue weighted by atomic mass is 9.84. The molecule has 0 bridgehead atoms. The highest BCUT2D eigenvalue weighted by atomic mass is 14.2. The minimum Gasteiger partial charge on any atom is -0.0622 e. The lowest BCUT2D eigenvalue weighted by Crippen LogP contribution is -1.91. The van der Waals surface area contributed by atoms with E-state index >= 15 is 0 Å². The molecule has 250 valence electrons. The molecule has 0 fully saturated rings. The molecule has 0 heteroatoms. The van der Waals surface area contributed by atoms with Gasteiger partial charge in [0.1, 0.15) is 0 Å². The van der Waals surface area contributed by atoms with E-state index < -0.39 is 72.5 Å². The van der Waals surface area contributed by atoms with Crippen molar-refractivity contribution in [1.82, 2.24) is 0 Å². The van der Waals surface area contributed by atoms with E-state index in [1.165, 1.54) is 0 Å². The van der Waals surface area contributed by atoms with Crippen molar-refractivity contribution in [3.8, 4) is 44.5 Å². The zero-order valence-corrected chi connectivity index (χ0v) is 28.4. The maximum Gasteiger partial charge on any atom is 0.0629 e. The third-order valence-electron chi connectivity index (χ3n) is 10.3. The lowest BCUT2D eigenvalue weighted by molar-refractivity contribution is 1.66. The van der Waals surface area contributed by atoms with Gasteiger partial charge in [0.2, 0.25) is 0 Å². The number of hydrogen-bond donors (Lipinski definition) is 0. The molecule has 11 rings (SSSR count). The second-order valence-electron chi connectivity index (χ2n) is 13.2. The molecule has 0 heterocycles. The Morgan fingerprint density at radius 1 is 0.241 bits per heavy atom. The summed E-state index contributed by atoms with van der Waals surface area (Å²) in [5.74, 6) is 0. The zero-order chi connectivity index (χ0) is 49.5. The molecule has 0 N–H and O–H groups in total. The van der Waals surface area contributed by atoms with Crippen LogP contribution in [0.5, 0.6) is 0 Å². The van der Waals surface area contributed by atoms with Crippen molar-refractivity contribution in [1.29, 1.82) is 0 Å². The van der Waals surface area contributed by atoms with Gasteiger partial charge in [-0.25, -0.2) is 0 Å². The first-order valence-corrected chi connectivity index (χ1v) is 17.5. The summed E-state index contributed by atoms with van der Waals surface area (Å²) in [5, 5.41) is 3.18. The molecule has 0 nitrogen and oxygen atoms in total. The van der Waals surface area contributed by atoms with E-state index in [-0.39, 0.29) is 89.5 Å². The summed E-state index contributed by atoms with van der Waals surface area (Å²) in [6, 6.07) is 24.7. The summed E-state index contributed by atoms with van der Waals surface area (Å²) in [6.07, 6.45) is 0. The van der Waals surface area contributed by atoms with Gasteiger partial charge in [-0.05, 0) is 121 Å². The Balaban J connectivity index is 1.31. The second kappa shape index (κ2) is 12.3. The molecule has 0 unspecified atom stereocenters. The first-order chi connectivity index (χ1) is 33.5. The van der Waals surface area contributed by atoms with Crippen molar-refractivity contribution >= 4 is 64.6 Å². The first kappa shape index (κ1) is 18.6. The van der Waals surface area contributed by atoms with E-state index in [1.54, 1.807) is 84.9 Å². The fourth-order valence-corrected chi connectivity index (χ4v) is 7.97. The molecule has 0 aliphatic rings. The van der Waals surface area contributed by atoms with Crippen LogP contribution in [-0.2, 0) is 0 Å². The lowest BCUT2D eigenvalue weighted by Gasteiger charge is -2.19. The Hall–Kier alpha value is -7.02. The molecular formula is C54H34. The van der Waals surface area contributed by atoms with Gasteiger partial charge in [0.05, 0.1) is 21.9 Å². The standard InChI is InChI=1S/C54H34/c1-3-15-37(16-4-1)51-41-19-7-11-23-45(41)53(46-24-12-8-20-42(46)51)39-31-29-35-27-28-36-30-32-40(34-50(36)49(35)33-39)54-47-25-13-9-21-43(47)52(38-17-5-2-6-18-38)44-22-10-14-26-48(44)54/h1-34H/i7D,8D,9D,10D,11D,12D,13D,14D,19D,20D,21D,22D,23D,24D,25D,26D. The number of rotatable bonds is 4. The van der Waals surface area contributed by atoms with Crippen LogP contribution in [0.3, 0.4) is 0 Å². The van der Waals surface area contributed by atoms with Crippen LogP contribution in [0.25, 0.3) is 109 Å². The molecular weight excluding hydrogens is 649 g/mol. The van der Waals surface area contributed by atoms with Crippen LogP contribution in [0.1, 0.15) is 21.9 Å². The number of benzene rings is 11. The highest BCUT2D eigenvalue weighted by Crippen LogP contribution is 2.46. The van der Waals surface area contributed by atoms with Crippen LogP contribution in [0.15, 0.2) is 206 Å². The average molecular weight is 699 g/mol. The van der Waals surface area contributed by atoms with Crippen molar-refractivity contribution < 1.29 is 21.9 Å². The van der Waals surface area contributed by atoms with E-state index in [9.17, 15) is 11.0 Å². The van der Waals surface area contributed by atoms with Gasteiger partial charge in [-0.1, -0.05) is 194 Å². The quantitative estimate of drug-likeness (QED) is 0.127. The van der Waals surface area contributed by atoms with E-state index in [4.69, 9.17) is 11.0 Å². The molecule has 0 saturated carbocycles. The summed E-state index contributed by atoms with van der Waals surface area (Å²) in [7, 11) is 0. The van der Waals surface area contributed by atoms with E-state index in [2.05, 4.69) is 0 Å². The fraction of sp³-hybridized carbons (Fsp3) is 0. The molecule has 0 aromatic heterocycles. The summed E-state index contributed by atoms with van der Waals surface area (Å²) in [6.45, 7) is 0. The molecule has 0 aliphatic carbocycles. The molecule has 0 spiro atoms. The predicted octanol–water partition coefficient (Wildman–Crippen LogP) is 15.3. The van der Waals surface area contributed by atoms with E-state index in [0.717, 1.165) is 0 Å². The largest absolute Gasteiger partial charge is 0.0629 e. The van der Waals surface area contributed by atoms with E-state index in [0.29, 0.717) is 43.8 Å². The van der Waals surface area contributed by atoms with Crippen molar-refractivity contribution in [3.05, 3.63) is 206 Å². The highest BCUT2D eigenvalue weighted by Gasteiger charge is 2.19. The molecule has 0 atom stereocenters. The van der Waals surface area contributed by atoms with Crippen LogP contribution < -0.4 is 0 Å². The van der Waals surface area contributed by atoms with Crippen LogP contribution in [0.4, 0.5) is 0 Å². The Labute approximate surface area is 336 Å². The minimum absolute atomic E-state index is 0.0578. The Morgan fingerprint density at radius 2 is 0.500 bits per heavy atom. The van der Waals surface area contributed by atoms with Gasteiger partial charge in [0.25, 0.3) is 0 Å². The van der Waals surface area contributed by atoms with Crippen LogP contribution >= 0.6 is 0 Å². The molecule has 54 heavy (non-hydrogen) atoms. The normalized spacial score (nSPS) is 15.9. The van der Waals surface area contributed by atoms with Gasteiger partial charge >= 0.3 is 0 Å². The Morgan fingerprint density at radius 3 is 0.796 bits per heavy atom. The Bertz CT molecular complexity index is 3740. The van der Waals surface area contributed by atoms with Crippen LogP contribution in [0, 0.1) is 0 Å². The van der Waals surface area contributed by atoms with Gasteiger partial charge in [0, 0.05) is 0 Å². The molecule has 11 aromatic rings. The van der Waals surface area contributed by atoms with Crippen LogP contribution in [-0.4, -0.2) is 0 Å². The third kappa shape index (κ3) is 4.71. The molecule has 0 saturated heterocycles. The molecule has 11 aromatic carbocycles. The minimum atomic E-state index is -0.525. The maximum atomic E-state index is 9.42. The summed E-state index contributed by atoms with van der Waals surface area (Å²) < 4.78 is 146. The molecule has 0 radical (unpaired) electrons. The maximum absolute atomic E-state index is 9.42. The average Bonchev–Trinajstić information content (AvgIpc) is 3.38. The van der Waals surface area contributed by atoms with Crippen molar-refractivity contribution in [2.75, 3.05) is 0 Å². The van der Waals surface area contributed by atoms with Gasteiger partial charge < -0.3 is 0 Å². The molecule has 0 amide bonds. The van der Waals surface area contributed by atoms with Crippen molar-refractivity contribution in [2.45, 2.75) is 0 Å². The predicted molar refractivity (Wildman–Crippen MR) is 233 cm³/mol. The molecule has 0 aliphatic heterocycles. The van der Waals surface area contributed by atoms with Crippen molar-refractivity contribution in [2.24, 2.45) is 0 Å². The van der Waals surface area contributed by atoms with E-state index in [1.807, 2.05) is 24.3 Å². The summed E-state index contributed by atoms with van der Waals surface area (Å²) in [4.78, 5) is 0. The highest BCUT2D eigenvalue weighted by molar-refractivity contribution is 6.24. The second-order valence-corrected chi connectivity index (χ2v) is 13.2. The van der Waals surface area contributed by atoms with Crippen molar-refractivity contribution in [3.63, 3.8) is 0 Å². The van der Waals surface area contributed by atoms with Crippen LogP contribution in [0.2, 0.25) is 0 Å². The SMILES string of the molecule is [2H]c1c([2H])c([2H])c2c(-c3ccc4ccc5ccc(-c6c7c([2H])c([2H])c([2H])c([2H])c7c(-c7ccccc7)c7c([2H])c([2H])c([2H])c([2H])c67)cc5c4c3)c3c([2H])c([2H])c([2H])c([2H])c3c(-c3ccccc3)c2c1[2H]. The fourth-order valence-electron chi connectivity index (χ4n) is 7.97. The zero-order valence-electron chi connectivity index (χ0n) is 44.4. The number of hydrogen-bond acceptors (Lipinski definition) is 0. The summed E-state index contributed by atoms with van der Waals surface area (Å²) in [5.41, 5.74) is 2.53. The van der Waals surface area contributed by atoms with Gasteiger partial charge in [0.15, 0.2) is 0 Å². The van der Waals surface area contributed by atoms with Gasteiger partial charge in [-0.15, -0.1) is 0 Å². The summed E-state index contributed by atoms with van der Waals surface area (Å²) >= 11 is 0. The smallest absolute Gasteiger partial charge is 0.0622 e. The number of fused-ring (bicyclic) bond motifs is 7.